The Morgan fingerprint density at radius 1 is 0.967 bits per heavy atom. The third kappa shape index (κ3) is 7.59. The average molecular weight is 408 g/mol. The van der Waals surface area contributed by atoms with Crippen molar-refractivity contribution in [3.05, 3.63) is 47.5 Å². The van der Waals surface area contributed by atoms with E-state index in [1.54, 1.807) is 6.08 Å². The van der Waals surface area contributed by atoms with Crippen molar-refractivity contribution in [2.45, 2.75) is 102 Å². The number of hydrogen-bond donors (Lipinski definition) is 0. The molecule has 2 aliphatic rings. The first-order valence-electron chi connectivity index (χ1n) is 12.5. The molecule has 2 aliphatic carbocycles. The van der Waals surface area contributed by atoms with E-state index < -0.39 is 0 Å². The summed E-state index contributed by atoms with van der Waals surface area (Å²) in [4.78, 5) is 0. The van der Waals surface area contributed by atoms with Gasteiger partial charge in [-0.15, -0.1) is 0 Å². The summed E-state index contributed by atoms with van der Waals surface area (Å²) in [6.07, 6.45) is 20.6. The van der Waals surface area contributed by atoms with E-state index in [1.165, 1.54) is 88.2 Å². The first kappa shape index (κ1) is 23.1. The zero-order valence-corrected chi connectivity index (χ0v) is 19.0. The van der Waals surface area contributed by atoms with Crippen molar-refractivity contribution >= 4 is 0 Å². The third-order valence-electron chi connectivity index (χ3n) is 7.41. The molecule has 0 radical (unpaired) electrons. The number of nitrogens with zero attached hydrogens (tertiary/aromatic N) is 1. The van der Waals surface area contributed by atoms with Crippen molar-refractivity contribution in [2.75, 3.05) is 6.61 Å². The van der Waals surface area contributed by atoms with Crippen LogP contribution in [-0.2, 0) is 11.2 Å². The lowest BCUT2D eigenvalue weighted by Crippen LogP contribution is -2.25. The maximum absolute atomic E-state index is 8.56. The molecule has 1 aromatic rings. The molecule has 0 spiro atoms. The molecule has 30 heavy (non-hydrogen) atoms. The maximum Gasteiger partial charge on any atom is 0.0908 e. The Morgan fingerprint density at radius 2 is 1.67 bits per heavy atom. The lowest BCUT2D eigenvalue weighted by Gasteiger charge is -2.32. The molecule has 3 rings (SSSR count). The lowest BCUT2D eigenvalue weighted by atomic mass is 9.80. The molecule has 2 saturated carbocycles. The van der Waals surface area contributed by atoms with Crippen LogP contribution in [0, 0.1) is 23.2 Å². The lowest BCUT2D eigenvalue weighted by molar-refractivity contribution is -0.00474. The highest BCUT2D eigenvalue weighted by atomic mass is 16.5. The van der Waals surface area contributed by atoms with Gasteiger partial charge in [-0.3, -0.25) is 0 Å². The molecule has 2 heteroatoms. The fourth-order valence-corrected chi connectivity index (χ4v) is 5.33. The molecular weight excluding hydrogens is 366 g/mol. The Morgan fingerprint density at radius 3 is 2.33 bits per heavy atom. The van der Waals surface area contributed by atoms with Gasteiger partial charge in [0.05, 0.1) is 12.2 Å². The smallest absolute Gasteiger partial charge is 0.0908 e. The second-order valence-corrected chi connectivity index (χ2v) is 9.65. The average Bonchev–Trinajstić information content (AvgIpc) is 2.81. The first-order valence-corrected chi connectivity index (χ1v) is 12.5. The van der Waals surface area contributed by atoms with Crippen molar-refractivity contribution in [3.63, 3.8) is 0 Å². The minimum atomic E-state index is 0.485. The van der Waals surface area contributed by atoms with Gasteiger partial charge in [-0.25, -0.2) is 0 Å². The highest BCUT2D eigenvalue weighted by Gasteiger charge is 2.25. The van der Waals surface area contributed by atoms with Crippen molar-refractivity contribution in [2.24, 2.45) is 11.8 Å². The molecule has 2 nitrogen and oxygen atoms in total. The highest BCUT2D eigenvalue weighted by molar-refractivity contribution is 5.26. The van der Waals surface area contributed by atoms with Crippen LogP contribution in [0.1, 0.15) is 101 Å². The Bertz CT molecular complexity index is 655. The minimum Gasteiger partial charge on any atom is -0.378 e. The number of allylic oxidation sites excluding steroid dienone is 2. The predicted octanol–water partition coefficient (Wildman–Crippen LogP) is 7.74. The Labute approximate surface area is 184 Å². The van der Waals surface area contributed by atoms with E-state index in [0.29, 0.717) is 6.10 Å². The van der Waals surface area contributed by atoms with Crippen LogP contribution in [-0.4, -0.2) is 12.7 Å². The standard InChI is InChI=1S/C28H41NO/c1-2-3-7-23-13-15-26(16-14-23)27-17-19-28(20-18-27)30-22-25-11-9-24(10-12-25)8-5-4-6-21-29/h4,6,13-16,24-25,27-28H,2-3,5,7-12,17-20,22H2,1H3/b6-4+/t24-,25-,27-,28-. The van der Waals surface area contributed by atoms with Crippen molar-refractivity contribution < 1.29 is 4.74 Å². The number of rotatable bonds is 10. The third-order valence-corrected chi connectivity index (χ3v) is 7.41. The van der Waals surface area contributed by atoms with Gasteiger partial charge in [0.25, 0.3) is 0 Å². The van der Waals surface area contributed by atoms with Gasteiger partial charge in [0.15, 0.2) is 0 Å². The molecule has 0 atom stereocenters. The summed E-state index contributed by atoms with van der Waals surface area (Å²) in [6.45, 7) is 3.24. The largest absolute Gasteiger partial charge is 0.378 e. The maximum atomic E-state index is 8.56. The summed E-state index contributed by atoms with van der Waals surface area (Å²) in [7, 11) is 0. The van der Waals surface area contributed by atoms with E-state index >= 15 is 0 Å². The van der Waals surface area contributed by atoms with Crippen LogP contribution < -0.4 is 0 Å². The van der Waals surface area contributed by atoms with Crippen molar-refractivity contribution in [1.82, 2.24) is 0 Å². The number of unbranched alkanes of at least 4 members (excludes halogenated alkanes) is 1. The molecule has 0 N–H and O–H groups in total. The van der Waals surface area contributed by atoms with Crippen LogP contribution in [0.2, 0.25) is 0 Å². The number of hydrogen-bond acceptors (Lipinski definition) is 2. The zero-order chi connectivity index (χ0) is 21.0. The van der Waals surface area contributed by atoms with E-state index in [-0.39, 0.29) is 0 Å². The molecule has 2 fully saturated rings. The van der Waals surface area contributed by atoms with Crippen molar-refractivity contribution in [3.8, 4) is 6.07 Å². The van der Waals surface area contributed by atoms with E-state index in [4.69, 9.17) is 10.00 Å². The van der Waals surface area contributed by atoms with Gasteiger partial charge in [0, 0.05) is 12.7 Å². The van der Waals surface area contributed by atoms with Gasteiger partial charge in [0.2, 0.25) is 0 Å². The molecule has 0 aliphatic heterocycles. The zero-order valence-electron chi connectivity index (χ0n) is 19.0. The van der Waals surface area contributed by atoms with Gasteiger partial charge < -0.3 is 4.74 Å². The summed E-state index contributed by atoms with van der Waals surface area (Å²) < 4.78 is 6.37. The normalized spacial score (nSPS) is 27.2. The van der Waals surface area contributed by atoms with Crippen molar-refractivity contribution in [1.29, 1.82) is 5.26 Å². The number of aryl methyl sites for hydroxylation is 1. The molecular formula is C28H41NO. The van der Waals surface area contributed by atoms with Crippen LogP contribution in [0.4, 0.5) is 0 Å². The van der Waals surface area contributed by atoms with Gasteiger partial charge in [-0.1, -0.05) is 56.5 Å². The first-order chi connectivity index (χ1) is 14.8. The molecule has 0 heterocycles. The topological polar surface area (TPSA) is 33.0 Å². The molecule has 0 unspecified atom stereocenters. The fourth-order valence-electron chi connectivity index (χ4n) is 5.33. The monoisotopic (exact) mass is 407 g/mol. The summed E-state index contributed by atoms with van der Waals surface area (Å²) in [5.74, 6) is 2.35. The predicted molar refractivity (Wildman–Crippen MR) is 125 cm³/mol. The second kappa shape index (κ2) is 13.0. The Balaban J connectivity index is 1.30. The quantitative estimate of drug-likeness (QED) is 0.372. The summed E-state index contributed by atoms with van der Waals surface area (Å²) in [6, 6.07) is 11.5. The van der Waals surface area contributed by atoms with Gasteiger partial charge in [-0.2, -0.15) is 5.26 Å². The fraction of sp³-hybridized carbons (Fsp3) is 0.679. The number of ether oxygens (including phenoxy) is 1. The van der Waals surface area contributed by atoms with Crippen LogP contribution in [0.25, 0.3) is 0 Å². The van der Waals surface area contributed by atoms with Gasteiger partial charge in [0.1, 0.15) is 0 Å². The number of benzene rings is 1. The Kier molecular flexibility index (Phi) is 9.97. The molecule has 0 aromatic heterocycles. The molecule has 164 valence electrons. The molecule has 1 aromatic carbocycles. The van der Waals surface area contributed by atoms with Gasteiger partial charge in [-0.05, 0) is 93.1 Å². The van der Waals surface area contributed by atoms with Gasteiger partial charge >= 0.3 is 0 Å². The van der Waals surface area contributed by atoms with E-state index in [2.05, 4.69) is 37.3 Å². The van der Waals surface area contributed by atoms with Crippen LogP contribution in [0.3, 0.4) is 0 Å². The summed E-state index contributed by atoms with van der Waals surface area (Å²) in [5, 5.41) is 8.56. The molecule has 0 saturated heterocycles. The Hall–Kier alpha value is -1.59. The van der Waals surface area contributed by atoms with E-state index in [0.717, 1.165) is 30.8 Å². The van der Waals surface area contributed by atoms with E-state index in [1.807, 2.05) is 6.08 Å². The molecule has 0 amide bonds. The second-order valence-electron chi connectivity index (χ2n) is 9.65. The SMILES string of the molecule is CCCCc1ccc([C@H]2CC[C@H](OC[C@H]3CC[C@H](CC/C=C/C#N)CC3)CC2)cc1. The summed E-state index contributed by atoms with van der Waals surface area (Å²) in [5.41, 5.74) is 3.03. The molecule has 0 bridgehead atoms. The highest BCUT2D eigenvalue weighted by Crippen LogP contribution is 2.36. The summed E-state index contributed by atoms with van der Waals surface area (Å²) >= 11 is 0. The van der Waals surface area contributed by atoms with E-state index in [9.17, 15) is 0 Å². The number of nitriles is 1. The van der Waals surface area contributed by atoms with Crippen LogP contribution >= 0.6 is 0 Å². The van der Waals surface area contributed by atoms with Crippen LogP contribution in [0.5, 0.6) is 0 Å². The van der Waals surface area contributed by atoms with Crippen LogP contribution in [0.15, 0.2) is 36.4 Å². The minimum absolute atomic E-state index is 0.485.